The summed E-state index contributed by atoms with van der Waals surface area (Å²) < 4.78 is 5.40. The van der Waals surface area contributed by atoms with Crippen molar-refractivity contribution < 1.29 is 4.42 Å². The van der Waals surface area contributed by atoms with Crippen LogP contribution in [0.3, 0.4) is 0 Å². The van der Waals surface area contributed by atoms with Crippen molar-refractivity contribution in [3.05, 3.63) is 81.2 Å². The molecule has 0 spiro atoms. The maximum Gasteiger partial charge on any atom is 0.336 e. The van der Waals surface area contributed by atoms with Gasteiger partial charge in [0.15, 0.2) is 0 Å². The molecule has 0 unspecified atom stereocenters. The fraction of sp³-hybridized carbons (Fsp3) is 0.375. The molecule has 2 aromatic carbocycles. The van der Waals surface area contributed by atoms with Crippen LogP contribution in [0.5, 0.6) is 0 Å². The molecule has 4 nitrogen and oxygen atoms in total. The highest BCUT2D eigenvalue weighted by Crippen LogP contribution is 2.21. The van der Waals surface area contributed by atoms with Gasteiger partial charge in [-0.15, -0.1) is 0 Å². The molecule has 0 radical (unpaired) electrons. The largest absolute Gasteiger partial charge is 0.423 e. The van der Waals surface area contributed by atoms with Gasteiger partial charge < -0.3 is 4.42 Å². The lowest BCUT2D eigenvalue weighted by molar-refractivity contribution is 0.122. The molecule has 0 amide bonds. The fourth-order valence-corrected chi connectivity index (χ4v) is 4.04. The highest BCUT2D eigenvalue weighted by Gasteiger charge is 2.18. The number of nitrogens with zero attached hydrogens (tertiary/aromatic N) is 2. The zero-order chi connectivity index (χ0) is 19.5. The van der Waals surface area contributed by atoms with Gasteiger partial charge in [0, 0.05) is 50.7 Å². The highest BCUT2D eigenvalue weighted by atomic mass is 16.4. The van der Waals surface area contributed by atoms with E-state index in [1.165, 1.54) is 16.7 Å². The minimum atomic E-state index is -0.259. The van der Waals surface area contributed by atoms with Crippen LogP contribution >= 0.6 is 0 Å². The van der Waals surface area contributed by atoms with Gasteiger partial charge in [-0.05, 0) is 42.2 Å². The molecule has 1 aromatic heterocycles. The van der Waals surface area contributed by atoms with Gasteiger partial charge >= 0.3 is 5.63 Å². The number of rotatable bonds is 5. The smallest absolute Gasteiger partial charge is 0.336 e. The Morgan fingerprint density at radius 1 is 0.893 bits per heavy atom. The predicted molar refractivity (Wildman–Crippen MR) is 114 cm³/mol. The van der Waals surface area contributed by atoms with Crippen LogP contribution in [0.4, 0.5) is 0 Å². The van der Waals surface area contributed by atoms with Gasteiger partial charge in [0.2, 0.25) is 0 Å². The Balaban J connectivity index is 1.44. The second-order valence-electron chi connectivity index (χ2n) is 7.82. The summed E-state index contributed by atoms with van der Waals surface area (Å²) in [5, 5.41) is 1.07. The maximum absolute atomic E-state index is 12.0. The molecule has 1 aliphatic heterocycles. The summed E-state index contributed by atoms with van der Waals surface area (Å²) >= 11 is 0. The topological polar surface area (TPSA) is 36.7 Å². The highest BCUT2D eigenvalue weighted by molar-refractivity contribution is 5.80. The van der Waals surface area contributed by atoms with E-state index in [1.807, 2.05) is 12.1 Å². The third kappa shape index (κ3) is 4.34. The molecule has 2 heterocycles. The molecule has 4 heteroatoms. The molecule has 1 saturated heterocycles. The van der Waals surface area contributed by atoms with Crippen LogP contribution in [0.1, 0.15) is 29.2 Å². The first-order valence-corrected chi connectivity index (χ1v) is 10.2. The second kappa shape index (κ2) is 8.29. The van der Waals surface area contributed by atoms with Gasteiger partial charge in [0.1, 0.15) is 5.58 Å². The van der Waals surface area contributed by atoms with Crippen LogP contribution in [0.2, 0.25) is 0 Å². The first kappa shape index (κ1) is 18.9. The quantitative estimate of drug-likeness (QED) is 0.631. The molecule has 1 fully saturated rings. The average molecular weight is 377 g/mol. The van der Waals surface area contributed by atoms with Gasteiger partial charge in [0.05, 0.1) is 0 Å². The van der Waals surface area contributed by atoms with Crippen molar-refractivity contribution >= 4 is 11.0 Å². The summed E-state index contributed by atoms with van der Waals surface area (Å²) in [5.41, 5.74) is 5.48. The summed E-state index contributed by atoms with van der Waals surface area (Å²) in [4.78, 5) is 16.9. The van der Waals surface area contributed by atoms with Crippen LogP contribution < -0.4 is 5.63 Å². The van der Waals surface area contributed by atoms with E-state index in [0.717, 1.165) is 56.6 Å². The number of hydrogen-bond acceptors (Lipinski definition) is 4. The summed E-state index contributed by atoms with van der Waals surface area (Å²) in [6.07, 6.45) is 0.978. The number of fused-ring (bicyclic) bond motifs is 1. The Labute approximate surface area is 166 Å². The first-order chi connectivity index (χ1) is 13.6. The third-order valence-electron chi connectivity index (χ3n) is 5.65. The van der Waals surface area contributed by atoms with Crippen molar-refractivity contribution in [2.24, 2.45) is 0 Å². The zero-order valence-corrected chi connectivity index (χ0v) is 16.8. The van der Waals surface area contributed by atoms with Crippen molar-refractivity contribution in [2.45, 2.75) is 33.4 Å². The Morgan fingerprint density at radius 3 is 2.36 bits per heavy atom. The van der Waals surface area contributed by atoms with Gasteiger partial charge in [-0.2, -0.15) is 0 Å². The Morgan fingerprint density at radius 2 is 1.64 bits per heavy atom. The Hall–Kier alpha value is -2.43. The second-order valence-corrected chi connectivity index (χ2v) is 7.82. The fourth-order valence-electron chi connectivity index (χ4n) is 4.04. The number of benzene rings is 2. The lowest BCUT2D eigenvalue weighted by Gasteiger charge is -2.35. The minimum absolute atomic E-state index is 0.259. The van der Waals surface area contributed by atoms with Crippen LogP contribution in [0.25, 0.3) is 11.0 Å². The third-order valence-corrected chi connectivity index (χ3v) is 5.65. The number of aryl methyl sites for hydroxylation is 2. The molecule has 0 aliphatic carbocycles. The van der Waals surface area contributed by atoms with E-state index < -0.39 is 0 Å². The van der Waals surface area contributed by atoms with Crippen molar-refractivity contribution in [3.63, 3.8) is 0 Å². The maximum atomic E-state index is 12.0. The van der Waals surface area contributed by atoms with E-state index >= 15 is 0 Å². The van der Waals surface area contributed by atoms with E-state index in [9.17, 15) is 4.79 Å². The summed E-state index contributed by atoms with van der Waals surface area (Å²) in [6.45, 7) is 10.2. The van der Waals surface area contributed by atoms with Crippen molar-refractivity contribution in [1.82, 2.24) is 9.80 Å². The standard InChI is InChI=1S/C24H28N2O2/c1-3-19-7-8-23-22(14-19)21(15-24(27)28-23)17-26-11-9-25(10-12-26)16-20-6-4-5-18(2)13-20/h4-8,13-15H,3,9-12,16-17H2,1-2H3. The molecule has 0 saturated carbocycles. The summed E-state index contributed by atoms with van der Waals surface area (Å²) in [6, 6.07) is 16.6. The van der Waals surface area contributed by atoms with Crippen LogP contribution in [-0.4, -0.2) is 36.0 Å². The molecular weight excluding hydrogens is 348 g/mol. The van der Waals surface area contributed by atoms with Crippen molar-refractivity contribution in [2.75, 3.05) is 26.2 Å². The van der Waals surface area contributed by atoms with E-state index in [1.54, 1.807) is 6.07 Å². The van der Waals surface area contributed by atoms with Crippen molar-refractivity contribution in [1.29, 1.82) is 0 Å². The lowest BCUT2D eigenvalue weighted by Crippen LogP contribution is -2.45. The molecule has 0 atom stereocenters. The lowest BCUT2D eigenvalue weighted by atomic mass is 10.0. The van der Waals surface area contributed by atoms with E-state index in [2.05, 4.69) is 54.0 Å². The summed E-state index contributed by atoms with van der Waals surface area (Å²) in [7, 11) is 0. The van der Waals surface area contributed by atoms with Crippen LogP contribution in [0, 0.1) is 6.92 Å². The minimum Gasteiger partial charge on any atom is -0.423 e. The zero-order valence-electron chi connectivity index (χ0n) is 16.8. The molecule has 0 bridgehead atoms. The van der Waals surface area contributed by atoms with Crippen LogP contribution in [0.15, 0.2) is 57.7 Å². The molecule has 4 rings (SSSR count). The number of piperazine rings is 1. The van der Waals surface area contributed by atoms with Gasteiger partial charge in [-0.3, -0.25) is 9.80 Å². The van der Waals surface area contributed by atoms with E-state index in [-0.39, 0.29) is 5.63 Å². The normalized spacial score (nSPS) is 15.9. The molecule has 1 aliphatic rings. The Bertz CT molecular complexity index is 1020. The molecule has 0 N–H and O–H groups in total. The summed E-state index contributed by atoms with van der Waals surface area (Å²) in [5.74, 6) is 0. The Kier molecular flexibility index (Phi) is 5.60. The van der Waals surface area contributed by atoms with E-state index in [0.29, 0.717) is 5.58 Å². The molecule has 146 valence electrons. The van der Waals surface area contributed by atoms with Gasteiger partial charge in [-0.1, -0.05) is 42.8 Å². The van der Waals surface area contributed by atoms with E-state index in [4.69, 9.17) is 4.42 Å². The first-order valence-electron chi connectivity index (χ1n) is 10.2. The van der Waals surface area contributed by atoms with Crippen molar-refractivity contribution in [3.8, 4) is 0 Å². The number of hydrogen-bond donors (Lipinski definition) is 0. The average Bonchev–Trinajstić information content (AvgIpc) is 2.69. The molecule has 3 aromatic rings. The predicted octanol–water partition coefficient (Wildman–Crippen LogP) is 3.98. The SMILES string of the molecule is CCc1ccc2oc(=O)cc(CN3CCN(Cc4cccc(C)c4)CC3)c2c1. The monoisotopic (exact) mass is 376 g/mol. The molecule has 28 heavy (non-hydrogen) atoms. The van der Waals surface area contributed by atoms with Gasteiger partial charge in [-0.25, -0.2) is 4.79 Å². The molecular formula is C24H28N2O2. The van der Waals surface area contributed by atoms with Crippen LogP contribution in [-0.2, 0) is 19.5 Å². The van der Waals surface area contributed by atoms with Gasteiger partial charge in [0.25, 0.3) is 0 Å².